The first-order chi connectivity index (χ1) is 14.1. The van der Waals surface area contributed by atoms with Crippen molar-refractivity contribution in [2.45, 2.75) is 18.9 Å². The lowest BCUT2D eigenvalue weighted by Crippen LogP contribution is -2.31. The lowest BCUT2D eigenvalue weighted by Gasteiger charge is -2.28. The predicted molar refractivity (Wildman–Crippen MR) is 106 cm³/mol. The van der Waals surface area contributed by atoms with Crippen LogP contribution in [0.3, 0.4) is 0 Å². The van der Waals surface area contributed by atoms with Crippen LogP contribution in [0, 0.1) is 5.82 Å². The number of nitrogens with zero attached hydrogens (tertiary/aromatic N) is 8. The predicted octanol–water partition coefficient (Wildman–Crippen LogP) is 3.13. The normalized spacial score (nSPS) is 16.0. The van der Waals surface area contributed by atoms with E-state index in [4.69, 9.17) is 16.7 Å². The zero-order valence-corrected chi connectivity index (χ0v) is 16.5. The molecule has 10 heteroatoms. The van der Waals surface area contributed by atoms with E-state index in [9.17, 15) is 4.39 Å². The first kappa shape index (κ1) is 18.1. The maximum Gasteiger partial charge on any atom is 0.187 e. The molecule has 148 valence electrons. The third-order valence-corrected chi connectivity index (χ3v) is 5.55. The molecule has 4 aromatic rings. The van der Waals surface area contributed by atoms with Crippen LogP contribution in [0.2, 0.25) is 5.02 Å². The fourth-order valence-corrected chi connectivity index (χ4v) is 3.68. The second kappa shape index (κ2) is 7.16. The van der Waals surface area contributed by atoms with Crippen molar-refractivity contribution in [1.82, 2.24) is 39.6 Å². The molecule has 4 heterocycles. The van der Waals surface area contributed by atoms with Crippen LogP contribution in [0.4, 0.5) is 4.39 Å². The van der Waals surface area contributed by atoms with Crippen molar-refractivity contribution in [2.24, 2.45) is 0 Å². The Bertz CT molecular complexity index is 1180. The quantitative estimate of drug-likeness (QED) is 0.514. The van der Waals surface area contributed by atoms with Gasteiger partial charge in [-0.05, 0) is 51.2 Å². The Labute approximate surface area is 170 Å². The number of halogens is 2. The highest BCUT2D eigenvalue weighted by Gasteiger charge is 2.20. The zero-order chi connectivity index (χ0) is 20.0. The van der Waals surface area contributed by atoms with Crippen LogP contribution in [0.1, 0.15) is 18.9 Å². The fraction of sp³-hybridized carbons (Fsp3) is 0.316. The molecule has 8 nitrogen and oxygen atoms in total. The molecule has 1 aliphatic rings. The van der Waals surface area contributed by atoms with Crippen LogP contribution in [0.25, 0.3) is 28.4 Å². The standard InChI is InChI=1S/C19H18ClFN8/c1-27-7-4-12(5-8-27)28-9-6-16(25-28)18-22-11-17-19(23-18)29(26-24-17)13-2-3-14(20)15(21)10-13/h2-3,6,9-12H,4-5,7-8H2,1H3. The summed E-state index contributed by atoms with van der Waals surface area (Å²) in [5.74, 6) is -0.0545. The molecule has 3 aromatic heterocycles. The van der Waals surface area contributed by atoms with Crippen molar-refractivity contribution in [1.29, 1.82) is 0 Å². The summed E-state index contributed by atoms with van der Waals surface area (Å²) in [5, 5.41) is 12.9. The molecular weight excluding hydrogens is 395 g/mol. The minimum atomic E-state index is -0.529. The minimum Gasteiger partial charge on any atom is -0.306 e. The fourth-order valence-electron chi connectivity index (χ4n) is 3.56. The van der Waals surface area contributed by atoms with E-state index in [1.54, 1.807) is 12.3 Å². The van der Waals surface area contributed by atoms with Gasteiger partial charge >= 0.3 is 0 Å². The number of rotatable bonds is 3. The van der Waals surface area contributed by atoms with Gasteiger partial charge in [0.05, 0.1) is 22.9 Å². The Morgan fingerprint density at radius 2 is 2.00 bits per heavy atom. The summed E-state index contributed by atoms with van der Waals surface area (Å²) in [7, 11) is 2.14. The van der Waals surface area contributed by atoms with E-state index in [2.05, 4.69) is 32.2 Å². The van der Waals surface area contributed by atoms with Crippen molar-refractivity contribution >= 4 is 22.8 Å². The summed E-state index contributed by atoms with van der Waals surface area (Å²) in [6, 6.07) is 6.73. The first-order valence-electron chi connectivity index (χ1n) is 9.36. The highest BCUT2D eigenvalue weighted by molar-refractivity contribution is 6.30. The Morgan fingerprint density at radius 3 is 2.79 bits per heavy atom. The van der Waals surface area contributed by atoms with E-state index < -0.39 is 5.82 Å². The number of hydrogen-bond donors (Lipinski definition) is 0. The molecule has 1 aliphatic heterocycles. The first-order valence-corrected chi connectivity index (χ1v) is 9.74. The second-order valence-corrected chi connectivity index (χ2v) is 7.62. The van der Waals surface area contributed by atoms with Crippen molar-refractivity contribution in [2.75, 3.05) is 20.1 Å². The number of fused-ring (bicyclic) bond motifs is 1. The maximum atomic E-state index is 13.9. The van der Waals surface area contributed by atoms with Crippen LogP contribution in [-0.2, 0) is 0 Å². The molecule has 29 heavy (non-hydrogen) atoms. The monoisotopic (exact) mass is 412 g/mol. The topological polar surface area (TPSA) is 77.5 Å². The average molecular weight is 413 g/mol. The molecule has 0 spiro atoms. The van der Waals surface area contributed by atoms with E-state index >= 15 is 0 Å². The molecule has 5 rings (SSSR count). The van der Waals surface area contributed by atoms with Gasteiger partial charge in [-0.2, -0.15) is 9.78 Å². The molecule has 0 saturated carbocycles. The van der Waals surface area contributed by atoms with Gasteiger partial charge in [0.15, 0.2) is 17.0 Å². The van der Waals surface area contributed by atoms with Crippen molar-refractivity contribution in [3.8, 4) is 17.2 Å². The summed E-state index contributed by atoms with van der Waals surface area (Å²) in [6.45, 7) is 2.12. The molecule has 0 amide bonds. The Kier molecular flexibility index (Phi) is 4.48. The molecule has 1 aromatic carbocycles. The van der Waals surface area contributed by atoms with Crippen molar-refractivity contribution in [3.63, 3.8) is 0 Å². The van der Waals surface area contributed by atoms with Gasteiger partial charge in [-0.25, -0.2) is 14.4 Å². The molecule has 0 aliphatic carbocycles. The van der Waals surface area contributed by atoms with Gasteiger partial charge in [-0.1, -0.05) is 16.8 Å². The van der Waals surface area contributed by atoms with Gasteiger partial charge in [0, 0.05) is 12.3 Å². The molecule has 1 fully saturated rings. The average Bonchev–Trinajstić information content (AvgIpc) is 3.37. The molecular formula is C19H18ClFN8. The van der Waals surface area contributed by atoms with Gasteiger partial charge in [0.25, 0.3) is 0 Å². The van der Waals surface area contributed by atoms with Crippen LogP contribution in [0.5, 0.6) is 0 Å². The third-order valence-electron chi connectivity index (χ3n) is 5.24. The summed E-state index contributed by atoms with van der Waals surface area (Å²) in [6.07, 6.45) is 5.71. The van der Waals surface area contributed by atoms with E-state index in [1.165, 1.54) is 16.8 Å². The van der Waals surface area contributed by atoms with E-state index in [-0.39, 0.29) is 5.02 Å². The smallest absolute Gasteiger partial charge is 0.187 e. The molecule has 0 radical (unpaired) electrons. The van der Waals surface area contributed by atoms with Crippen LogP contribution in [-0.4, -0.2) is 59.8 Å². The highest BCUT2D eigenvalue weighted by Crippen LogP contribution is 2.24. The lowest BCUT2D eigenvalue weighted by atomic mass is 10.1. The molecule has 0 N–H and O–H groups in total. The molecule has 1 saturated heterocycles. The van der Waals surface area contributed by atoms with Gasteiger partial charge in [0.1, 0.15) is 11.5 Å². The molecule has 0 bridgehead atoms. The number of likely N-dealkylation sites (tertiary alicyclic amines) is 1. The van der Waals surface area contributed by atoms with Gasteiger partial charge < -0.3 is 4.90 Å². The maximum absolute atomic E-state index is 13.9. The molecule has 0 unspecified atom stereocenters. The summed E-state index contributed by atoms with van der Waals surface area (Å²) >= 11 is 5.78. The molecule has 0 atom stereocenters. The SMILES string of the molecule is CN1CCC(n2ccc(-c3ncc4nnn(-c5ccc(Cl)c(F)c5)c4n3)n2)CC1. The van der Waals surface area contributed by atoms with Crippen LogP contribution in [0.15, 0.2) is 36.7 Å². The Morgan fingerprint density at radius 1 is 1.17 bits per heavy atom. The largest absolute Gasteiger partial charge is 0.306 e. The minimum absolute atomic E-state index is 0.0490. The highest BCUT2D eigenvalue weighted by atomic mass is 35.5. The second-order valence-electron chi connectivity index (χ2n) is 7.22. The van der Waals surface area contributed by atoms with E-state index in [0.29, 0.717) is 34.4 Å². The Balaban J connectivity index is 1.49. The summed E-state index contributed by atoms with van der Waals surface area (Å²) in [4.78, 5) is 11.3. The number of piperidine rings is 1. The Hall–Kier alpha value is -2.91. The van der Waals surface area contributed by atoms with Crippen molar-refractivity contribution in [3.05, 3.63) is 47.5 Å². The number of aromatic nitrogens is 7. The van der Waals surface area contributed by atoms with Crippen LogP contribution < -0.4 is 0 Å². The zero-order valence-electron chi connectivity index (χ0n) is 15.7. The number of hydrogen-bond acceptors (Lipinski definition) is 6. The van der Waals surface area contributed by atoms with Crippen molar-refractivity contribution < 1.29 is 4.39 Å². The van der Waals surface area contributed by atoms with Gasteiger partial charge in [-0.15, -0.1) is 5.10 Å². The van der Waals surface area contributed by atoms with Crippen LogP contribution >= 0.6 is 11.6 Å². The summed E-state index contributed by atoms with van der Waals surface area (Å²) in [5.41, 5.74) is 2.15. The number of benzene rings is 1. The van der Waals surface area contributed by atoms with Gasteiger partial charge in [0.2, 0.25) is 0 Å². The lowest BCUT2D eigenvalue weighted by molar-refractivity contribution is 0.212. The van der Waals surface area contributed by atoms with Gasteiger partial charge in [-0.3, -0.25) is 4.68 Å². The van der Waals surface area contributed by atoms with E-state index in [0.717, 1.165) is 25.9 Å². The summed E-state index contributed by atoms with van der Waals surface area (Å²) < 4.78 is 17.3. The van der Waals surface area contributed by atoms with E-state index in [1.807, 2.05) is 16.9 Å². The third kappa shape index (κ3) is 3.36.